The van der Waals surface area contributed by atoms with Crippen molar-refractivity contribution in [3.8, 4) is 5.75 Å². The predicted octanol–water partition coefficient (Wildman–Crippen LogP) is 1.29. The Morgan fingerprint density at radius 1 is 1.21 bits per heavy atom. The van der Waals surface area contributed by atoms with Gasteiger partial charge in [-0.2, -0.15) is 12.8 Å². The molecule has 0 unspecified atom stereocenters. The molecule has 3 N–H and O–H groups in total. The van der Waals surface area contributed by atoms with E-state index in [4.69, 9.17) is 10.5 Å². The number of benzene rings is 2. The fraction of sp³-hybridized carbons (Fsp3) is 0.0667. The maximum Gasteiger partial charge on any atom is 0.331 e. The highest BCUT2D eigenvalue weighted by atomic mass is 32.2. The van der Waals surface area contributed by atoms with Crippen LogP contribution in [-0.4, -0.2) is 27.8 Å². The van der Waals surface area contributed by atoms with Gasteiger partial charge in [0.2, 0.25) is 0 Å². The number of primary amides is 1. The van der Waals surface area contributed by atoms with E-state index >= 15 is 0 Å². The summed E-state index contributed by atoms with van der Waals surface area (Å²) in [5.41, 5.74) is 7.28. The number of nitrogens with two attached hydrogens (primary N) is 1. The quantitative estimate of drug-likeness (QED) is 0.601. The van der Waals surface area contributed by atoms with Crippen LogP contribution in [0.4, 0.5) is 10.5 Å². The van der Waals surface area contributed by atoms with Gasteiger partial charge in [-0.3, -0.25) is 4.79 Å². The number of urea groups is 1. The van der Waals surface area contributed by atoms with E-state index in [2.05, 4.69) is 5.43 Å². The highest BCUT2D eigenvalue weighted by Crippen LogP contribution is 2.26. The monoisotopic (exact) mass is 349 g/mol. The first-order valence-electron chi connectivity index (χ1n) is 6.70. The van der Waals surface area contributed by atoms with Gasteiger partial charge in [0.25, 0.3) is 10.0 Å². The van der Waals surface area contributed by atoms with Crippen molar-refractivity contribution in [3.05, 3.63) is 54.1 Å². The minimum atomic E-state index is -4.13. The SMILES string of the molecule is COc1ccc(N(NC(N)=O)S(=O)(=O)c2ccccc2)cc1C=O. The van der Waals surface area contributed by atoms with Gasteiger partial charge in [0.1, 0.15) is 5.75 Å². The molecule has 0 fully saturated rings. The van der Waals surface area contributed by atoms with Crippen LogP contribution < -0.4 is 20.3 Å². The third-order valence-corrected chi connectivity index (χ3v) is 4.72. The Morgan fingerprint density at radius 3 is 2.42 bits per heavy atom. The number of methoxy groups -OCH3 is 1. The number of hydrogen-bond donors (Lipinski definition) is 2. The largest absolute Gasteiger partial charge is 0.496 e. The van der Waals surface area contributed by atoms with Crippen molar-refractivity contribution >= 4 is 28.0 Å². The molecule has 126 valence electrons. The molecular formula is C15H15N3O5S. The number of amides is 2. The maximum atomic E-state index is 12.8. The lowest BCUT2D eigenvalue weighted by molar-refractivity contribution is 0.112. The number of sulfonamides is 1. The molecule has 0 spiro atoms. The first-order valence-corrected chi connectivity index (χ1v) is 8.14. The molecule has 24 heavy (non-hydrogen) atoms. The summed E-state index contributed by atoms with van der Waals surface area (Å²) in [7, 11) is -2.75. The van der Waals surface area contributed by atoms with Crippen LogP contribution >= 0.6 is 0 Å². The number of carbonyl (C=O) groups excluding carboxylic acids is 2. The lowest BCUT2D eigenvalue weighted by atomic mass is 10.2. The smallest absolute Gasteiger partial charge is 0.331 e. The van der Waals surface area contributed by atoms with Gasteiger partial charge in [-0.25, -0.2) is 10.2 Å². The first-order chi connectivity index (χ1) is 11.4. The van der Waals surface area contributed by atoms with Crippen LogP contribution in [0.15, 0.2) is 53.4 Å². The van der Waals surface area contributed by atoms with E-state index in [0.717, 1.165) is 0 Å². The van der Waals surface area contributed by atoms with Crippen molar-refractivity contribution in [1.29, 1.82) is 0 Å². The van der Waals surface area contributed by atoms with Crippen LogP contribution in [0.1, 0.15) is 10.4 Å². The van der Waals surface area contributed by atoms with E-state index in [1.165, 1.54) is 37.4 Å². The summed E-state index contributed by atoms with van der Waals surface area (Å²) >= 11 is 0. The van der Waals surface area contributed by atoms with Gasteiger partial charge in [-0.15, -0.1) is 0 Å². The second-order valence-corrected chi connectivity index (χ2v) is 6.39. The highest BCUT2D eigenvalue weighted by molar-refractivity contribution is 7.92. The third-order valence-electron chi connectivity index (χ3n) is 3.07. The van der Waals surface area contributed by atoms with Gasteiger partial charge >= 0.3 is 6.03 Å². The molecule has 0 aliphatic carbocycles. The van der Waals surface area contributed by atoms with Gasteiger partial charge in [0.15, 0.2) is 6.29 Å². The standard InChI is InChI=1S/C15H15N3O5S/c1-23-14-8-7-12(9-11(14)10-19)18(17-15(16)20)24(21,22)13-5-3-2-4-6-13/h2-10H,1H3,(H3,16,17,20). The van der Waals surface area contributed by atoms with Crippen LogP contribution in [0.5, 0.6) is 5.75 Å². The summed E-state index contributed by atoms with van der Waals surface area (Å²) in [6.45, 7) is 0. The Kier molecular flexibility index (Phi) is 5.05. The molecule has 2 aromatic rings. The lowest BCUT2D eigenvalue weighted by Gasteiger charge is -2.24. The summed E-state index contributed by atoms with van der Waals surface area (Å²) < 4.78 is 31.1. The van der Waals surface area contributed by atoms with E-state index < -0.39 is 16.1 Å². The molecule has 2 rings (SSSR count). The molecule has 0 aromatic heterocycles. The number of nitrogens with one attached hydrogen (secondary N) is 1. The van der Waals surface area contributed by atoms with Gasteiger partial charge < -0.3 is 10.5 Å². The van der Waals surface area contributed by atoms with E-state index in [-0.39, 0.29) is 21.9 Å². The van der Waals surface area contributed by atoms with Crippen molar-refractivity contribution in [2.24, 2.45) is 5.73 Å². The van der Waals surface area contributed by atoms with Crippen molar-refractivity contribution in [2.75, 3.05) is 11.5 Å². The molecule has 8 nitrogen and oxygen atoms in total. The van der Waals surface area contributed by atoms with Gasteiger partial charge in [0.05, 0.1) is 23.3 Å². The molecule has 0 saturated heterocycles. The predicted molar refractivity (Wildman–Crippen MR) is 87.2 cm³/mol. The molecular weight excluding hydrogens is 334 g/mol. The number of rotatable bonds is 6. The fourth-order valence-corrected chi connectivity index (χ4v) is 3.31. The normalized spacial score (nSPS) is 10.7. The number of anilines is 1. The Hall–Kier alpha value is -3.07. The van der Waals surface area contributed by atoms with Crippen LogP contribution in [0.25, 0.3) is 0 Å². The molecule has 0 bridgehead atoms. The Balaban J connectivity index is 2.58. The minimum Gasteiger partial charge on any atom is -0.496 e. The van der Waals surface area contributed by atoms with E-state index in [1.807, 2.05) is 0 Å². The zero-order valence-corrected chi connectivity index (χ0v) is 13.5. The van der Waals surface area contributed by atoms with Crippen molar-refractivity contribution in [1.82, 2.24) is 5.43 Å². The van der Waals surface area contributed by atoms with Gasteiger partial charge in [0, 0.05) is 0 Å². The minimum absolute atomic E-state index is 0.0283. The molecule has 0 aliphatic rings. The number of nitrogens with zero attached hydrogens (tertiary/aromatic N) is 1. The van der Waals surface area contributed by atoms with Gasteiger partial charge in [-0.1, -0.05) is 18.2 Å². The first kappa shape index (κ1) is 17.3. The Morgan fingerprint density at radius 2 is 1.88 bits per heavy atom. The van der Waals surface area contributed by atoms with E-state index in [0.29, 0.717) is 10.7 Å². The number of aldehydes is 1. The lowest BCUT2D eigenvalue weighted by Crippen LogP contribution is -2.48. The summed E-state index contributed by atoms with van der Waals surface area (Å²) in [5, 5.41) is 0. The molecule has 2 aromatic carbocycles. The second kappa shape index (κ2) is 7.01. The zero-order valence-electron chi connectivity index (χ0n) is 12.7. The average Bonchev–Trinajstić information content (AvgIpc) is 2.59. The Labute approximate surface area is 138 Å². The van der Waals surface area contributed by atoms with Crippen LogP contribution in [0, 0.1) is 0 Å². The summed E-state index contributed by atoms with van der Waals surface area (Å²) in [4.78, 5) is 22.3. The molecule has 0 saturated carbocycles. The summed E-state index contributed by atoms with van der Waals surface area (Å²) in [6, 6.07) is 10.5. The van der Waals surface area contributed by atoms with Crippen molar-refractivity contribution < 1.29 is 22.7 Å². The molecule has 2 amide bonds. The topological polar surface area (TPSA) is 119 Å². The number of hydrazine groups is 1. The molecule has 0 radical (unpaired) electrons. The second-order valence-electron chi connectivity index (χ2n) is 4.60. The van der Waals surface area contributed by atoms with Crippen LogP contribution in [0.3, 0.4) is 0 Å². The summed E-state index contributed by atoms with van der Waals surface area (Å²) in [6.07, 6.45) is 0.514. The average molecular weight is 349 g/mol. The Bertz CT molecular complexity index is 853. The zero-order chi connectivity index (χ0) is 17.7. The van der Waals surface area contributed by atoms with E-state index in [1.54, 1.807) is 18.2 Å². The maximum absolute atomic E-state index is 12.8. The number of ether oxygens (including phenoxy) is 1. The van der Waals surface area contributed by atoms with E-state index in [9.17, 15) is 18.0 Å². The molecule has 9 heteroatoms. The number of carbonyl (C=O) groups is 2. The molecule has 0 heterocycles. The third kappa shape index (κ3) is 3.46. The van der Waals surface area contributed by atoms with Crippen molar-refractivity contribution in [2.45, 2.75) is 4.90 Å². The van der Waals surface area contributed by atoms with Crippen LogP contribution in [0.2, 0.25) is 0 Å². The number of hydrogen-bond acceptors (Lipinski definition) is 5. The summed E-state index contributed by atoms with van der Waals surface area (Å²) in [5.74, 6) is 0.268. The van der Waals surface area contributed by atoms with Crippen LogP contribution in [-0.2, 0) is 10.0 Å². The molecule has 0 aliphatic heterocycles. The van der Waals surface area contributed by atoms with Gasteiger partial charge in [-0.05, 0) is 30.3 Å². The van der Waals surface area contributed by atoms with Crippen molar-refractivity contribution in [3.63, 3.8) is 0 Å². The molecule has 0 atom stereocenters. The fourth-order valence-electron chi connectivity index (χ4n) is 2.00. The highest BCUT2D eigenvalue weighted by Gasteiger charge is 2.27.